The SMILES string of the molecule is CCC1=CC(c2cccc([N+](=O)[O-])c2)C2=C(CCCC2=O)N1. The normalized spacial score (nSPS) is 21.0. The fraction of sp³-hybridized carbons (Fsp3) is 0.353. The number of benzene rings is 1. The first kappa shape index (κ1) is 14.5. The number of nitro benzene ring substituents is 1. The number of carbonyl (C=O) groups is 1. The lowest BCUT2D eigenvalue weighted by atomic mass is 9.79. The molecule has 1 aromatic rings. The van der Waals surface area contributed by atoms with Crippen LogP contribution < -0.4 is 5.32 Å². The van der Waals surface area contributed by atoms with Crippen LogP contribution in [0, 0.1) is 10.1 Å². The lowest BCUT2D eigenvalue weighted by Crippen LogP contribution is -2.29. The van der Waals surface area contributed by atoms with Crippen LogP contribution in [0.25, 0.3) is 0 Å². The van der Waals surface area contributed by atoms with Gasteiger partial charge in [-0.3, -0.25) is 14.9 Å². The van der Waals surface area contributed by atoms with E-state index in [9.17, 15) is 14.9 Å². The van der Waals surface area contributed by atoms with Crippen molar-refractivity contribution < 1.29 is 9.72 Å². The zero-order valence-corrected chi connectivity index (χ0v) is 12.5. The molecule has 1 atom stereocenters. The minimum absolute atomic E-state index is 0.0629. The zero-order chi connectivity index (χ0) is 15.7. The summed E-state index contributed by atoms with van der Waals surface area (Å²) in [6, 6.07) is 6.60. The lowest BCUT2D eigenvalue weighted by molar-refractivity contribution is -0.384. The highest BCUT2D eigenvalue weighted by Gasteiger charge is 2.31. The highest BCUT2D eigenvalue weighted by Crippen LogP contribution is 2.38. The van der Waals surface area contributed by atoms with Crippen LogP contribution >= 0.6 is 0 Å². The van der Waals surface area contributed by atoms with Gasteiger partial charge in [0.2, 0.25) is 0 Å². The summed E-state index contributed by atoms with van der Waals surface area (Å²) < 4.78 is 0. The summed E-state index contributed by atoms with van der Waals surface area (Å²) in [6.07, 6.45) is 5.16. The Morgan fingerprint density at radius 3 is 2.91 bits per heavy atom. The van der Waals surface area contributed by atoms with Gasteiger partial charge < -0.3 is 5.32 Å². The second kappa shape index (κ2) is 5.75. The first-order chi connectivity index (χ1) is 10.6. The van der Waals surface area contributed by atoms with Crippen molar-refractivity contribution in [2.24, 2.45) is 0 Å². The molecule has 5 nitrogen and oxygen atoms in total. The number of hydrogen-bond donors (Lipinski definition) is 1. The third kappa shape index (κ3) is 2.54. The molecule has 0 aromatic heterocycles. The third-order valence-corrected chi connectivity index (χ3v) is 4.27. The number of rotatable bonds is 3. The molecule has 1 heterocycles. The van der Waals surface area contributed by atoms with Gasteiger partial charge in [0.05, 0.1) is 4.92 Å². The van der Waals surface area contributed by atoms with Crippen molar-refractivity contribution >= 4 is 11.5 Å². The summed E-state index contributed by atoms with van der Waals surface area (Å²) >= 11 is 0. The lowest BCUT2D eigenvalue weighted by Gasteiger charge is -2.31. The standard InChI is InChI=1S/C17H18N2O3/c1-2-12-10-14(11-5-3-6-13(9-11)19(21)22)17-15(18-12)7-4-8-16(17)20/h3,5-6,9-10,14,18H,2,4,7-8H2,1H3. The fourth-order valence-corrected chi connectivity index (χ4v) is 3.18. The molecule has 5 heteroatoms. The average molecular weight is 298 g/mol. The number of ketones is 1. The average Bonchev–Trinajstić information content (AvgIpc) is 2.54. The predicted molar refractivity (Wildman–Crippen MR) is 83.2 cm³/mol. The van der Waals surface area contributed by atoms with Gasteiger partial charge in [0.15, 0.2) is 5.78 Å². The van der Waals surface area contributed by atoms with Crippen LogP contribution in [0.15, 0.2) is 47.3 Å². The van der Waals surface area contributed by atoms with Crippen LogP contribution in [0.3, 0.4) is 0 Å². The summed E-state index contributed by atoms with van der Waals surface area (Å²) in [7, 11) is 0. The van der Waals surface area contributed by atoms with Crippen molar-refractivity contribution in [1.82, 2.24) is 5.32 Å². The highest BCUT2D eigenvalue weighted by molar-refractivity contribution is 5.99. The molecule has 1 unspecified atom stereocenters. The van der Waals surface area contributed by atoms with Crippen molar-refractivity contribution in [1.29, 1.82) is 0 Å². The largest absolute Gasteiger partial charge is 0.362 e. The van der Waals surface area contributed by atoms with E-state index < -0.39 is 4.92 Å². The second-order valence-corrected chi connectivity index (χ2v) is 5.67. The van der Waals surface area contributed by atoms with E-state index in [0.717, 1.165) is 41.8 Å². The molecule has 0 spiro atoms. The Morgan fingerprint density at radius 1 is 1.36 bits per heavy atom. The molecule has 3 rings (SSSR count). The molecule has 0 bridgehead atoms. The first-order valence-electron chi connectivity index (χ1n) is 7.58. The van der Waals surface area contributed by atoms with Gasteiger partial charge in [-0.15, -0.1) is 0 Å². The number of Topliss-reactive ketones (excluding diaryl/α,β-unsaturated/α-hetero) is 1. The van der Waals surface area contributed by atoms with Crippen LogP contribution in [-0.2, 0) is 4.79 Å². The van der Waals surface area contributed by atoms with Gasteiger partial charge in [-0.2, -0.15) is 0 Å². The quantitative estimate of drug-likeness (QED) is 0.684. The minimum Gasteiger partial charge on any atom is -0.362 e. The van der Waals surface area contributed by atoms with E-state index in [2.05, 4.69) is 12.2 Å². The van der Waals surface area contributed by atoms with Crippen molar-refractivity contribution in [2.45, 2.75) is 38.5 Å². The minimum atomic E-state index is -0.396. The summed E-state index contributed by atoms with van der Waals surface area (Å²) in [5.41, 5.74) is 3.72. The van der Waals surface area contributed by atoms with Gasteiger partial charge in [0.1, 0.15) is 0 Å². The van der Waals surface area contributed by atoms with Gasteiger partial charge in [0.25, 0.3) is 5.69 Å². The van der Waals surface area contributed by atoms with Crippen molar-refractivity contribution in [2.75, 3.05) is 0 Å². The van der Waals surface area contributed by atoms with Crippen molar-refractivity contribution in [3.8, 4) is 0 Å². The molecule has 0 saturated carbocycles. The van der Waals surface area contributed by atoms with Crippen LogP contribution in [0.1, 0.15) is 44.1 Å². The Bertz CT molecular complexity index is 704. The number of non-ortho nitro benzene ring substituents is 1. The van der Waals surface area contributed by atoms with E-state index >= 15 is 0 Å². The highest BCUT2D eigenvalue weighted by atomic mass is 16.6. The third-order valence-electron chi connectivity index (χ3n) is 4.27. The fourth-order valence-electron chi connectivity index (χ4n) is 3.18. The molecular formula is C17H18N2O3. The molecule has 22 heavy (non-hydrogen) atoms. The molecular weight excluding hydrogens is 280 g/mol. The van der Waals surface area contributed by atoms with Gasteiger partial charge >= 0.3 is 0 Å². The molecule has 1 aliphatic carbocycles. The van der Waals surface area contributed by atoms with Gasteiger partial charge in [-0.05, 0) is 24.8 Å². The Labute approximate surface area is 128 Å². The number of nitrogens with zero attached hydrogens (tertiary/aromatic N) is 1. The molecule has 0 amide bonds. The van der Waals surface area contributed by atoms with E-state index in [4.69, 9.17) is 0 Å². The Morgan fingerprint density at radius 2 is 2.18 bits per heavy atom. The van der Waals surface area contributed by atoms with Gasteiger partial charge in [-0.1, -0.05) is 25.1 Å². The molecule has 1 aromatic carbocycles. The second-order valence-electron chi connectivity index (χ2n) is 5.67. The predicted octanol–water partition coefficient (Wildman–Crippen LogP) is 3.58. The summed E-state index contributed by atoms with van der Waals surface area (Å²) in [5, 5.41) is 14.4. The number of hydrogen-bond acceptors (Lipinski definition) is 4. The Kier molecular flexibility index (Phi) is 3.79. The van der Waals surface area contributed by atoms with E-state index in [1.807, 2.05) is 12.1 Å². The van der Waals surface area contributed by atoms with Crippen molar-refractivity contribution in [3.05, 3.63) is 63.0 Å². The van der Waals surface area contributed by atoms with E-state index in [0.29, 0.717) is 6.42 Å². The maximum atomic E-state index is 12.4. The Hall–Kier alpha value is -2.43. The molecule has 114 valence electrons. The first-order valence-corrected chi connectivity index (χ1v) is 7.58. The van der Waals surface area contributed by atoms with Crippen molar-refractivity contribution in [3.63, 3.8) is 0 Å². The molecule has 2 aliphatic rings. The van der Waals surface area contributed by atoms with E-state index in [1.54, 1.807) is 12.1 Å². The monoisotopic (exact) mass is 298 g/mol. The van der Waals surface area contributed by atoms with Crippen LogP contribution in [-0.4, -0.2) is 10.7 Å². The smallest absolute Gasteiger partial charge is 0.269 e. The van der Waals surface area contributed by atoms with E-state index in [-0.39, 0.29) is 17.4 Å². The molecule has 0 fully saturated rings. The molecule has 1 aliphatic heterocycles. The van der Waals surface area contributed by atoms with Gasteiger partial charge in [0, 0.05) is 41.4 Å². The molecule has 1 N–H and O–H groups in total. The number of carbonyl (C=O) groups excluding carboxylic acids is 1. The van der Waals surface area contributed by atoms with Crippen LogP contribution in [0.4, 0.5) is 5.69 Å². The van der Waals surface area contributed by atoms with Crippen LogP contribution in [0.5, 0.6) is 0 Å². The van der Waals surface area contributed by atoms with Gasteiger partial charge in [-0.25, -0.2) is 0 Å². The maximum Gasteiger partial charge on any atom is 0.269 e. The zero-order valence-electron chi connectivity index (χ0n) is 12.5. The summed E-state index contributed by atoms with van der Waals surface area (Å²) in [5.74, 6) is -0.0319. The summed E-state index contributed by atoms with van der Waals surface area (Å²) in [4.78, 5) is 23.0. The number of dihydropyridines is 1. The topological polar surface area (TPSA) is 72.2 Å². The van der Waals surface area contributed by atoms with Crippen LogP contribution in [0.2, 0.25) is 0 Å². The number of nitrogens with one attached hydrogen (secondary N) is 1. The van der Waals surface area contributed by atoms with E-state index in [1.165, 1.54) is 6.07 Å². The number of allylic oxidation sites excluding steroid dienone is 4. The molecule has 0 radical (unpaired) electrons. The number of nitro groups is 1. The maximum absolute atomic E-state index is 12.4. The Balaban J connectivity index is 2.09. The molecule has 0 saturated heterocycles. The summed E-state index contributed by atoms with van der Waals surface area (Å²) in [6.45, 7) is 2.06.